The Morgan fingerprint density at radius 3 is 2.38 bits per heavy atom. The van der Waals surface area contributed by atoms with Crippen molar-refractivity contribution in [2.75, 3.05) is 19.6 Å². The maximum Gasteiger partial charge on any atom is 0.169 e. The lowest BCUT2D eigenvalue weighted by Crippen LogP contribution is -2.22. The van der Waals surface area contributed by atoms with E-state index in [1.165, 1.54) is 0 Å². The van der Waals surface area contributed by atoms with Crippen molar-refractivity contribution >= 4 is 23.0 Å². The number of nitrogens with zero attached hydrogens (tertiary/aromatic N) is 3. The van der Waals surface area contributed by atoms with E-state index in [2.05, 4.69) is 37.0 Å². The molecule has 0 atom stereocenters. The number of ketones is 2. The Balaban J connectivity index is 1.77. The first kappa shape index (κ1) is 19.2. The van der Waals surface area contributed by atoms with Gasteiger partial charge >= 0.3 is 0 Å². The molecule has 0 unspecified atom stereocenters. The molecule has 0 radical (unpaired) electrons. The fraction of sp³-hybridized carbons (Fsp3) is 0.333. The van der Waals surface area contributed by atoms with Gasteiger partial charge in [0.15, 0.2) is 11.6 Å². The number of carbonyl (C=O) groups excluding carboxylic acids is 2. The van der Waals surface area contributed by atoms with Crippen LogP contribution >= 0.6 is 0 Å². The Bertz CT molecular complexity index is 1020. The highest BCUT2D eigenvalue weighted by molar-refractivity contribution is 6.47. The van der Waals surface area contributed by atoms with Crippen LogP contribution in [0.15, 0.2) is 69.4 Å². The van der Waals surface area contributed by atoms with Crippen molar-refractivity contribution in [2.45, 2.75) is 33.1 Å². The molecule has 29 heavy (non-hydrogen) atoms. The molecule has 0 saturated carbocycles. The van der Waals surface area contributed by atoms with Gasteiger partial charge in [0.2, 0.25) is 0 Å². The molecule has 1 aromatic carbocycles. The van der Waals surface area contributed by atoms with Crippen LogP contribution in [0.3, 0.4) is 0 Å². The second-order valence-corrected chi connectivity index (χ2v) is 7.40. The number of likely N-dealkylation sites (N-methyl/N-ethyl adjacent to an activating group) is 1. The zero-order chi connectivity index (χ0) is 20.4. The number of rotatable bonds is 3. The molecule has 4 rings (SSSR count). The van der Waals surface area contributed by atoms with E-state index in [-0.39, 0.29) is 24.4 Å². The second kappa shape index (κ2) is 8.11. The summed E-state index contributed by atoms with van der Waals surface area (Å²) in [6.45, 7) is 6.49. The van der Waals surface area contributed by atoms with Gasteiger partial charge in [-0.05, 0) is 31.6 Å². The third kappa shape index (κ3) is 3.77. The third-order valence-corrected chi connectivity index (χ3v) is 5.66. The quantitative estimate of drug-likeness (QED) is 0.782. The number of allylic oxidation sites excluding steroid dienone is 4. The standard InChI is InChI=1S/C24H25N3O2/c1-3-27(4-2)17-8-7-11-20-22(13-17)26-21-14-24(29)19-10-6-5-9-18(19)23(28)12-16(21)15-25-20/h5-10,13H,3-4,11-12,14-15H2,1-2H3. The van der Waals surface area contributed by atoms with Crippen LogP contribution in [0.1, 0.15) is 53.8 Å². The number of benzene rings is 1. The molecule has 148 valence electrons. The molecule has 1 aromatic rings. The van der Waals surface area contributed by atoms with Crippen molar-refractivity contribution in [3.05, 3.63) is 70.6 Å². The van der Waals surface area contributed by atoms with Crippen LogP contribution in [0.25, 0.3) is 0 Å². The van der Waals surface area contributed by atoms with Crippen LogP contribution in [0.4, 0.5) is 0 Å². The van der Waals surface area contributed by atoms with Crippen molar-refractivity contribution in [1.82, 2.24) is 4.90 Å². The normalized spacial score (nSPS) is 18.9. The summed E-state index contributed by atoms with van der Waals surface area (Å²) in [4.78, 5) is 37.7. The number of Topliss-reactive ketones (excluding diaryl/α,β-unsaturated/α-hetero) is 2. The first-order valence-electron chi connectivity index (χ1n) is 10.2. The number of fused-ring (bicyclic) bond motifs is 2. The maximum atomic E-state index is 12.9. The molecule has 0 aromatic heterocycles. The molecule has 3 aliphatic rings. The fourth-order valence-electron chi connectivity index (χ4n) is 4.03. The van der Waals surface area contributed by atoms with Gasteiger partial charge in [0.1, 0.15) is 0 Å². The van der Waals surface area contributed by atoms with Gasteiger partial charge in [-0.3, -0.25) is 19.6 Å². The minimum atomic E-state index is -0.0614. The summed E-state index contributed by atoms with van der Waals surface area (Å²) in [5.41, 5.74) is 5.37. The van der Waals surface area contributed by atoms with Gasteiger partial charge in [0.05, 0.1) is 30.1 Å². The largest absolute Gasteiger partial charge is 0.372 e. The van der Waals surface area contributed by atoms with Crippen LogP contribution in [0, 0.1) is 0 Å². The van der Waals surface area contributed by atoms with Gasteiger partial charge < -0.3 is 4.90 Å². The summed E-state index contributed by atoms with van der Waals surface area (Å²) in [5.74, 6) is -0.100. The molecule has 0 saturated heterocycles. The van der Waals surface area contributed by atoms with Crippen LogP contribution in [0.2, 0.25) is 0 Å². The van der Waals surface area contributed by atoms with Gasteiger partial charge in [-0.15, -0.1) is 0 Å². The van der Waals surface area contributed by atoms with Crippen molar-refractivity contribution in [3.63, 3.8) is 0 Å². The molecule has 2 aliphatic carbocycles. The topological polar surface area (TPSA) is 62.1 Å². The highest BCUT2D eigenvalue weighted by Gasteiger charge is 2.26. The zero-order valence-corrected chi connectivity index (χ0v) is 16.9. The van der Waals surface area contributed by atoms with E-state index in [0.29, 0.717) is 29.8 Å². The van der Waals surface area contributed by atoms with E-state index in [1.54, 1.807) is 24.3 Å². The summed E-state index contributed by atoms with van der Waals surface area (Å²) in [6, 6.07) is 7.08. The Morgan fingerprint density at radius 2 is 1.69 bits per heavy atom. The zero-order valence-electron chi connectivity index (χ0n) is 16.9. The van der Waals surface area contributed by atoms with Crippen LogP contribution in [-0.2, 0) is 0 Å². The smallest absolute Gasteiger partial charge is 0.169 e. The van der Waals surface area contributed by atoms with Gasteiger partial charge in [0, 0.05) is 42.8 Å². The maximum absolute atomic E-state index is 12.9. The molecule has 0 amide bonds. The average molecular weight is 387 g/mol. The first-order chi connectivity index (χ1) is 14.1. The second-order valence-electron chi connectivity index (χ2n) is 7.40. The first-order valence-corrected chi connectivity index (χ1v) is 10.2. The highest BCUT2D eigenvalue weighted by atomic mass is 16.1. The van der Waals surface area contributed by atoms with Crippen molar-refractivity contribution in [3.8, 4) is 0 Å². The predicted octanol–water partition coefficient (Wildman–Crippen LogP) is 4.18. The minimum Gasteiger partial charge on any atom is -0.372 e. The summed E-state index contributed by atoms with van der Waals surface area (Å²) in [6.07, 6.45) is 7.45. The van der Waals surface area contributed by atoms with Crippen LogP contribution in [0.5, 0.6) is 0 Å². The summed E-state index contributed by atoms with van der Waals surface area (Å²) in [7, 11) is 0. The van der Waals surface area contributed by atoms with Gasteiger partial charge in [-0.1, -0.05) is 30.3 Å². The molecular formula is C24H25N3O2. The van der Waals surface area contributed by atoms with Crippen LogP contribution in [-0.4, -0.2) is 47.5 Å². The highest BCUT2D eigenvalue weighted by Crippen LogP contribution is 2.28. The molecule has 0 bridgehead atoms. The number of aliphatic imine (C=N–C) groups is 2. The lowest BCUT2D eigenvalue weighted by atomic mass is 9.90. The molecule has 1 heterocycles. The molecular weight excluding hydrogens is 362 g/mol. The van der Waals surface area contributed by atoms with Gasteiger partial charge in [-0.2, -0.15) is 0 Å². The monoisotopic (exact) mass is 387 g/mol. The van der Waals surface area contributed by atoms with E-state index in [0.717, 1.165) is 35.8 Å². The Kier molecular flexibility index (Phi) is 5.38. The lowest BCUT2D eigenvalue weighted by molar-refractivity contribution is 0.0953. The van der Waals surface area contributed by atoms with Crippen LogP contribution < -0.4 is 0 Å². The van der Waals surface area contributed by atoms with Crippen molar-refractivity contribution < 1.29 is 9.59 Å². The van der Waals surface area contributed by atoms with Crippen molar-refractivity contribution in [2.24, 2.45) is 9.98 Å². The Labute approximate surface area is 171 Å². The summed E-state index contributed by atoms with van der Waals surface area (Å²) >= 11 is 0. The molecule has 0 N–H and O–H groups in total. The SMILES string of the molecule is CCN(CC)C1=CC2=NC3=C(CN=C2CC=C1)CC(=O)c1ccccc1C(=O)C3. The van der Waals surface area contributed by atoms with Gasteiger partial charge in [0.25, 0.3) is 0 Å². The number of hydrogen-bond acceptors (Lipinski definition) is 5. The summed E-state index contributed by atoms with van der Waals surface area (Å²) < 4.78 is 0. The predicted molar refractivity (Wildman–Crippen MR) is 116 cm³/mol. The fourth-order valence-corrected chi connectivity index (χ4v) is 4.03. The molecule has 5 nitrogen and oxygen atoms in total. The summed E-state index contributed by atoms with van der Waals surface area (Å²) in [5, 5.41) is 0. The molecule has 1 aliphatic heterocycles. The minimum absolute atomic E-state index is 0.0390. The lowest BCUT2D eigenvalue weighted by Gasteiger charge is -2.22. The Hall–Kier alpha value is -3.08. The van der Waals surface area contributed by atoms with Gasteiger partial charge in [-0.25, -0.2) is 0 Å². The van der Waals surface area contributed by atoms with Crippen molar-refractivity contribution in [1.29, 1.82) is 0 Å². The average Bonchev–Trinajstić information content (AvgIpc) is 3.01. The molecule has 5 heteroatoms. The number of carbonyl (C=O) groups is 2. The molecule has 0 spiro atoms. The molecule has 0 fully saturated rings. The Morgan fingerprint density at radius 1 is 1.00 bits per heavy atom. The van der Waals surface area contributed by atoms with E-state index < -0.39 is 0 Å². The third-order valence-electron chi connectivity index (χ3n) is 5.66. The van der Waals surface area contributed by atoms with E-state index >= 15 is 0 Å². The van der Waals surface area contributed by atoms with E-state index in [9.17, 15) is 9.59 Å². The van der Waals surface area contributed by atoms with E-state index in [1.807, 2.05) is 0 Å². The van der Waals surface area contributed by atoms with E-state index in [4.69, 9.17) is 9.98 Å². The number of hydrogen-bond donors (Lipinski definition) is 0.